The Morgan fingerprint density at radius 2 is 2.09 bits per heavy atom. The molecular formula is C17H25N3O2S. The lowest BCUT2D eigenvalue weighted by molar-refractivity contribution is -0.133. The van der Waals surface area contributed by atoms with Gasteiger partial charge in [-0.05, 0) is 50.3 Å². The minimum absolute atomic E-state index is 0.0699. The van der Waals surface area contributed by atoms with Crippen LogP contribution in [-0.4, -0.2) is 40.8 Å². The molecule has 0 aliphatic heterocycles. The fourth-order valence-electron chi connectivity index (χ4n) is 2.40. The van der Waals surface area contributed by atoms with Gasteiger partial charge in [0.15, 0.2) is 0 Å². The maximum absolute atomic E-state index is 12.7. The molecular weight excluding hydrogens is 310 g/mol. The second-order valence-electron chi connectivity index (χ2n) is 5.79. The molecule has 0 saturated heterocycles. The molecule has 0 fully saturated rings. The standard InChI is InChI=1S/C17H25N3O2S/c1-12-6-9-23-16(12)10-19(7-8-22-5)17(21)11-20-15(4)13(2)14(3)18-20/h6,9H,7-8,10-11H2,1-5H3. The number of carbonyl (C=O) groups excluding carboxylic acids is 1. The Hall–Kier alpha value is -1.66. The summed E-state index contributed by atoms with van der Waals surface area (Å²) in [6, 6.07) is 2.09. The average molecular weight is 335 g/mol. The van der Waals surface area contributed by atoms with Crippen LogP contribution in [0.2, 0.25) is 0 Å². The van der Waals surface area contributed by atoms with E-state index in [-0.39, 0.29) is 12.5 Å². The van der Waals surface area contributed by atoms with Crippen molar-refractivity contribution in [2.75, 3.05) is 20.3 Å². The first-order valence-corrected chi connectivity index (χ1v) is 8.62. The summed E-state index contributed by atoms with van der Waals surface area (Å²) in [7, 11) is 1.66. The monoisotopic (exact) mass is 335 g/mol. The highest BCUT2D eigenvalue weighted by Gasteiger charge is 2.18. The zero-order valence-corrected chi connectivity index (χ0v) is 15.4. The van der Waals surface area contributed by atoms with Crippen molar-refractivity contribution >= 4 is 17.2 Å². The number of ether oxygens (including phenoxy) is 1. The van der Waals surface area contributed by atoms with Gasteiger partial charge in [0.05, 0.1) is 18.8 Å². The molecule has 0 aliphatic carbocycles. The summed E-state index contributed by atoms with van der Waals surface area (Å²) < 4.78 is 6.96. The lowest BCUT2D eigenvalue weighted by atomic mass is 10.2. The van der Waals surface area contributed by atoms with Crippen LogP contribution in [0.5, 0.6) is 0 Å². The van der Waals surface area contributed by atoms with Gasteiger partial charge in [-0.15, -0.1) is 11.3 Å². The lowest BCUT2D eigenvalue weighted by Crippen LogP contribution is -2.36. The van der Waals surface area contributed by atoms with Gasteiger partial charge in [-0.2, -0.15) is 5.10 Å². The normalized spacial score (nSPS) is 11.0. The molecule has 0 radical (unpaired) electrons. The first-order valence-electron chi connectivity index (χ1n) is 7.74. The van der Waals surface area contributed by atoms with Gasteiger partial charge in [-0.3, -0.25) is 9.48 Å². The second-order valence-corrected chi connectivity index (χ2v) is 6.79. The number of amides is 1. The highest BCUT2D eigenvalue weighted by molar-refractivity contribution is 7.10. The molecule has 6 heteroatoms. The van der Waals surface area contributed by atoms with Crippen molar-refractivity contribution in [1.82, 2.24) is 14.7 Å². The Morgan fingerprint density at radius 1 is 1.35 bits per heavy atom. The summed E-state index contributed by atoms with van der Waals surface area (Å²) in [6.07, 6.45) is 0. The SMILES string of the molecule is COCCN(Cc1sccc1C)C(=O)Cn1nc(C)c(C)c1C. The van der Waals surface area contributed by atoms with Crippen molar-refractivity contribution < 1.29 is 9.53 Å². The third kappa shape index (κ3) is 4.20. The largest absolute Gasteiger partial charge is 0.383 e. The van der Waals surface area contributed by atoms with Crippen LogP contribution in [0.1, 0.15) is 27.4 Å². The van der Waals surface area contributed by atoms with E-state index < -0.39 is 0 Å². The number of aromatic nitrogens is 2. The zero-order chi connectivity index (χ0) is 17.0. The van der Waals surface area contributed by atoms with E-state index in [1.54, 1.807) is 23.1 Å². The van der Waals surface area contributed by atoms with Crippen LogP contribution in [0, 0.1) is 27.7 Å². The number of hydrogen-bond donors (Lipinski definition) is 0. The maximum atomic E-state index is 12.7. The van der Waals surface area contributed by atoms with E-state index in [2.05, 4.69) is 23.5 Å². The molecule has 23 heavy (non-hydrogen) atoms. The minimum atomic E-state index is 0.0699. The summed E-state index contributed by atoms with van der Waals surface area (Å²) in [4.78, 5) is 15.8. The highest BCUT2D eigenvalue weighted by atomic mass is 32.1. The fourth-order valence-corrected chi connectivity index (χ4v) is 3.32. The number of hydrogen-bond acceptors (Lipinski definition) is 4. The predicted molar refractivity (Wildman–Crippen MR) is 92.8 cm³/mol. The fraction of sp³-hybridized carbons (Fsp3) is 0.529. The van der Waals surface area contributed by atoms with Crippen molar-refractivity contribution in [2.24, 2.45) is 0 Å². The third-order valence-electron chi connectivity index (χ3n) is 4.25. The van der Waals surface area contributed by atoms with Gasteiger partial charge in [0.2, 0.25) is 5.91 Å². The van der Waals surface area contributed by atoms with E-state index >= 15 is 0 Å². The quantitative estimate of drug-likeness (QED) is 0.782. The molecule has 0 unspecified atom stereocenters. The summed E-state index contributed by atoms with van der Waals surface area (Å²) in [5, 5.41) is 6.53. The van der Waals surface area contributed by atoms with E-state index in [9.17, 15) is 4.79 Å². The molecule has 2 aromatic rings. The van der Waals surface area contributed by atoms with Gasteiger partial charge in [-0.25, -0.2) is 0 Å². The average Bonchev–Trinajstić information content (AvgIpc) is 3.02. The van der Waals surface area contributed by atoms with Crippen molar-refractivity contribution in [3.63, 3.8) is 0 Å². The summed E-state index contributed by atoms with van der Waals surface area (Å²) in [5.41, 5.74) is 4.41. The number of carbonyl (C=O) groups is 1. The molecule has 1 amide bonds. The Bertz CT molecular complexity index is 675. The Labute approximate surface area is 141 Å². The number of methoxy groups -OCH3 is 1. The Morgan fingerprint density at radius 3 is 2.61 bits per heavy atom. The van der Waals surface area contributed by atoms with E-state index in [1.807, 2.05) is 25.7 Å². The molecule has 0 atom stereocenters. The number of nitrogens with zero attached hydrogens (tertiary/aromatic N) is 3. The molecule has 0 saturated carbocycles. The van der Waals surface area contributed by atoms with Gasteiger partial charge < -0.3 is 9.64 Å². The number of thiophene rings is 1. The van der Waals surface area contributed by atoms with Gasteiger partial charge in [0, 0.05) is 24.2 Å². The van der Waals surface area contributed by atoms with Crippen molar-refractivity contribution in [1.29, 1.82) is 0 Å². The second kappa shape index (κ2) is 7.75. The van der Waals surface area contributed by atoms with Gasteiger partial charge in [0.25, 0.3) is 0 Å². The molecule has 0 aliphatic rings. The summed E-state index contributed by atoms with van der Waals surface area (Å²) in [5.74, 6) is 0.0699. The smallest absolute Gasteiger partial charge is 0.244 e. The minimum Gasteiger partial charge on any atom is -0.383 e. The highest BCUT2D eigenvalue weighted by Crippen LogP contribution is 2.18. The molecule has 2 aromatic heterocycles. The Balaban J connectivity index is 2.12. The van der Waals surface area contributed by atoms with Gasteiger partial charge >= 0.3 is 0 Å². The Kier molecular flexibility index (Phi) is 5.96. The molecule has 2 heterocycles. The first-order chi connectivity index (χ1) is 10.9. The lowest BCUT2D eigenvalue weighted by Gasteiger charge is -2.22. The molecule has 0 aromatic carbocycles. The van der Waals surface area contributed by atoms with E-state index in [1.165, 1.54) is 10.4 Å². The van der Waals surface area contributed by atoms with Crippen LogP contribution < -0.4 is 0 Å². The van der Waals surface area contributed by atoms with Crippen LogP contribution in [-0.2, 0) is 22.6 Å². The van der Waals surface area contributed by atoms with Crippen molar-refractivity contribution in [2.45, 2.75) is 40.8 Å². The molecule has 5 nitrogen and oxygen atoms in total. The summed E-state index contributed by atoms with van der Waals surface area (Å²) >= 11 is 1.69. The zero-order valence-electron chi connectivity index (χ0n) is 14.5. The number of rotatable bonds is 7. The third-order valence-corrected chi connectivity index (χ3v) is 5.26. The van der Waals surface area contributed by atoms with Gasteiger partial charge in [0.1, 0.15) is 6.54 Å². The van der Waals surface area contributed by atoms with Crippen LogP contribution in [0.15, 0.2) is 11.4 Å². The molecule has 0 spiro atoms. The molecule has 2 rings (SSSR count). The van der Waals surface area contributed by atoms with E-state index in [4.69, 9.17) is 4.74 Å². The first kappa shape index (κ1) is 17.7. The topological polar surface area (TPSA) is 47.4 Å². The van der Waals surface area contributed by atoms with E-state index in [0.29, 0.717) is 19.7 Å². The molecule has 0 N–H and O–H groups in total. The number of aryl methyl sites for hydroxylation is 2. The van der Waals surface area contributed by atoms with Crippen molar-refractivity contribution in [3.05, 3.63) is 38.8 Å². The van der Waals surface area contributed by atoms with Crippen LogP contribution >= 0.6 is 11.3 Å². The van der Waals surface area contributed by atoms with Gasteiger partial charge in [-0.1, -0.05) is 0 Å². The predicted octanol–water partition coefficient (Wildman–Crippen LogP) is 2.85. The maximum Gasteiger partial charge on any atom is 0.244 e. The van der Waals surface area contributed by atoms with Crippen molar-refractivity contribution in [3.8, 4) is 0 Å². The summed E-state index contributed by atoms with van der Waals surface area (Å²) in [6.45, 7) is 10.1. The van der Waals surface area contributed by atoms with Crippen LogP contribution in [0.25, 0.3) is 0 Å². The van der Waals surface area contributed by atoms with Crippen LogP contribution in [0.4, 0.5) is 0 Å². The molecule has 126 valence electrons. The molecule has 0 bridgehead atoms. The van der Waals surface area contributed by atoms with Crippen LogP contribution in [0.3, 0.4) is 0 Å². The van der Waals surface area contributed by atoms with E-state index in [0.717, 1.165) is 17.0 Å².